The largest absolute Gasteiger partial charge is 0.394 e. The number of nitrogens with one attached hydrogen (secondary N) is 1. The Hall–Kier alpha value is -3.15. The lowest BCUT2D eigenvalue weighted by Gasteiger charge is -2.40. The fraction of sp³-hybridized carbons (Fsp3) is 0.747. The topological polar surface area (TPSA) is 149 Å². The zero-order chi connectivity index (χ0) is 60.7. The molecule has 6 N–H and O–H groups in total. The molecule has 0 saturated carbocycles. The summed E-state index contributed by atoms with van der Waals surface area (Å²) in [5, 5.41) is 54.8. The summed E-state index contributed by atoms with van der Waals surface area (Å²) in [6, 6.07) is -0.819. The number of allylic oxidation sites excluding steroid dienone is 17. The monoisotopic (exact) mass is 1170 g/mol. The first-order chi connectivity index (χ1) is 41.3. The van der Waals surface area contributed by atoms with Crippen LogP contribution in [0, 0.1) is 0 Å². The lowest BCUT2D eigenvalue weighted by molar-refractivity contribution is -0.302. The molecule has 0 aromatic heterocycles. The molecular formula is C75H131NO8. The number of carbonyl (C=O) groups excluding carboxylic acids is 1. The molecule has 1 fully saturated rings. The van der Waals surface area contributed by atoms with E-state index in [0.717, 1.165) is 103 Å². The van der Waals surface area contributed by atoms with Crippen LogP contribution < -0.4 is 5.32 Å². The number of carbonyl (C=O) groups is 1. The Bertz CT molecular complexity index is 1690. The Labute approximate surface area is 516 Å². The molecule has 84 heavy (non-hydrogen) atoms. The molecule has 9 nitrogen and oxygen atoms in total. The number of aliphatic hydroxyl groups is 5. The summed E-state index contributed by atoms with van der Waals surface area (Å²) in [6.45, 7) is 3.69. The highest BCUT2D eigenvalue weighted by Crippen LogP contribution is 2.23. The van der Waals surface area contributed by atoms with Crippen molar-refractivity contribution >= 4 is 5.91 Å². The Morgan fingerprint density at radius 3 is 1.10 bits per heavy atom. The Kier molecular flexibility index (Phi) is 59.0. The minimum atomic E-state index is -1.58. The first-order valence-electron chi connectivity index (χ1n) is 35.1. The van der Waals surface area contributed by atoms with Crippen LogP contribution >= 0.6 is 0 Å². The second kappa shape index (κ2) is 62.9. The number of rotatable bonds is 60. The standard InChI is InChI=1S/C75H131NO8/c1-3-5-7-9-11-13-15-17-19-21-23-25-27-29-31-33-34-35-36-37-39-41-43-45-47-49-51-53-55-57-59-61-63-65-71(79)76-68(67-83-75-74(82)73(81)72(80)70(66-77)84-75)69(78)64-62-60-58-56-54-52-50-48-46-44-42-40-38-32-30-28-26-24-22-20-18-16-14-12-10-8-6-4-2/h5,7,11,13,17,19,23,25,29,31,34-35,37,39,43,45,62,64,68-70,72-75,77-78,80-82H,3-4,6,8-10,12,14-16,18,20-22,24,26-28,30,32-33,36,38,40-42,44,46-61,63,65-67H2,1-2H3,(H,76,79)/b7-5-,13-11-,19-17-,25-23-,31-29-,35-34-,39-37-,45-43-,64-62+. The molecule has 1 heterocycles. The third-order valence-electron chi connectivity index (χ3n) is 16.1. The van der Waals surface area contributed by atoms with Crippen LogP contribution in [-0.4, -0.2) is 87.5 Å². The van der Waals surface area contributed by atoms with Crippen LogP contribution in [0.3, 0.4) is 0 Å². The average Bonchev–Trinajstić information content (AvgIpc) is 3.70. The van der Waals surface area contributed by atoms with Crippen LogP contribution in [-0.2, 0) is 14.3 Å². The third kappa shape index (κ3) is 50.9. The van der Waals surface area contributed by atoms with E-state index in [4.69, 9.17) is 9.47 Å². The summed E-state index contributed by atoms with van der Waals surface area (Å²) >= 11 is 0. The maximum Gasteiger partial charge on any atom is 0.220 e. The van der Waals surface area contributed by atoms with Gasteiger partial charge in [-0.25, -0.2) is 0 Å². The smallest absolute Gasteiger partial charge is 0.220 e. The lowest BCUT2D eigenvalue weighted by Crippen LogP contribution is -2.60. The van der Waals surface area contributed by atoms with Gasteiger partial charge in [-0.15, -0.1) is 0 Å². The van der Waals surface area contributed by atoms with Crippen molar-refractivity contribution in [2.24, 2.45) is 0 Å². The molecule has 0 radical (unpaired) electrons. The van der Waals surface area contributed by atoms with Crippen LogP contribution in [0.1, 0.15) is 303 Å². The fourth-order valence-corrected chi connectivity index (χ4v) is 10.6. The molecule has 9 heteroatoms. The molecular weight excluding hydrogens is 1040 g/mol. The second-order valence-corrected chi connectivity index (χ2v) is 23.9. The SMILES string of the molecule is CC/C=C\C/C=C\C/C=C\C/C=C\C/C=C\C/C=C\C/C=C\C/C=C\CCCCCCCCCCC(=O)NC(COC1OC(CO)C(O)C(O)C1O)C(O)/C=C/CCCCCCCCCCCCCCCCCCCCCCCCCCCC. The summed E-state index contributed by atoms with van der Waals surface area (Å²) in [5.41, 5.74) is 0. The number of aliphatic hydroxyl groups excluding tert-OH is 5. The lowest BCUT2D eigenvalue weighted by atomic mass is 9.99. The van der Waals surface area contributed by atoms with Gasteiger partial charge in [0.1, 0.15) is 24.4 Å². The van der Waals surface area contributed by atoms with Crippen LogP contribution in [0.5, 0.6) is 0 Å². The number of unbranched alkanes of at least 4 members (excludes halogenated alkanes) is 34. The van der Waals surface area contributed by atoms with Crippen molar-refractivity contribution in [1.29, 1.82) is 0 Å². The summed E-state index contributed by atoms with van der Waals surface area (Å²) in [5.74, 6) is -0.186. The van der Waals surface area contributed by atoms with Gasteiger partial charge in [0.25, 0.3) is 0 Å². The summed E-state index contributed by atoms with van der Waals surface area (Å²) in [7, 11) is 0. The highest BCUT2D eigenvalue weighted by molar-refractivity contribution is 5.76. The van der Waals surface area contributed by atoms with Gasteiger partial charge in [0, 0.05) is 6.42 Å². The maximum atomic E-state index is 13.1. The van der Waals surface area contributed by atoms with E-state index in [9.17, 15) is 30.3 Å². The molecule has 1 saturated heterocycles. The molecule has 1 aliphatic rings. The first-order valence-corrected chi connectivity index (χ1v) is 35.1. The number of ether oxygens (including phenoxy) is 2. The van der Waals surface area contributed by atoms with E-state index in [-0.39, 0.29) is 12.5 Å². The molecule has 0 aliphatic carbocycles. The molecule has 1 rings (SSSR count). The normalized spacial score (nSPS) is 18.9. The Morgan fingerprint density at radius 2 is 0.738 bits per heavy atom. The van der Waals surface area contributed by atoms with Crippen molar-refractivity contribution in [3.05, 3.63) is 109 Å². The van der Waals surface area contributed by atoms with Crippen LogP contribution in [0.15, 0.2) is 109 Å². The number of hydrogen-bond acceptors (Lipinski definition) is 8. The van der Waals surface area contributed by atoms with E-state index < -0.39 is 49.5 Å². The van der Waals surface area contributed by atoms with Crippen molar-refractivity contribution in [2.75, 3.05) is 13.2 Å². The van der Waals surface area contributed by atoms with Crippen LogP contribution in [0.25, 0.3) is 0 Å². The maximum absolute atomic E-state index is 13.1. The van der Waals surface area contributed by atoms with Crippen LogP contribution in [0.4, 0.5) is 0 Å². The van der Waals surface area contributed by atoms with Gasteiger partial charge in [-0.2, -0.15) is 0 Å². The van der Waals surface area contributed by atoms with E-state index >= 15 is 0 Å². The van der Waals surface area contributed by atoms with Gasteiger partial charge < -0.3 is 40.3 Å². The molecule has 7 atom stereocenters. The van der Waals surface area contributed by atoms with Gasteiger partial charge in [0.2, 0.25) is 5.91 Å². The molecule has 1 amide bonds. The quantitative estimate of drug-likeness (QED) is 0.0261. The molecule has 7 unspecified atom stereocenters. The third-order valence-corrected chi connectivity index (χ3v) is 16.1. The predicted molar refractivity (Wildman–Crippen MR) is 359 cm³/mol. The van der Waals surface area contributed by atoms with Gasteiger partial charge in [-0.3, -0.25) is 4.79 Å². The van der Waals surface area contributed by atoms with Crippen molar-refractivity contribution < 1.29 is 39.8 Å². The van der Waals surface area contributed by atoms with E-state index in [0.29, 0.717) is 6.42 Å². The minimum absolute atomic E-state index is 0.186. The molecule has 0 spiro atoms. The average molecular weight is 1170 g/mol. The van der Waals surface area contributed by atoms with Gasteiger partial charge in [0.05, 0.1) is 25.4 Å². The van der Waals surface area contributed by atoms with Crippen molar-refractivity contribution in [3.63, 3.8) is 0 Å². The fourth-order valence-electron chi connectivity index (χ4n) is 10.6. The molecule has 0 bridgehead atoms. The van der Waals surface area contributed by atoms with E-state index in [1.165, 1.54) is 180 Å². The Morgan fingerprint density at radius 1 is 0.417 bits per heavy atom. The van der Waals surface area contributed by atoms with Gasteiger partial charge in [0.15, 0.2) is 6.29 Å². The van der Waals surface area contributed by atoms with Crippen molar-refractivity contribution in [3.8, 4) is 0 Å². The van der Waals surface area contributed by atoms with Gasteiger partial charge in [-0.05, 0) is 83.5 Å². The van der Waals surface area contributed by atoms with E-state index in [1.807, 2.05) is 6.08 Å². The molecule has 0 aromatic carbocycles. The van der Waals surface area contributed by atoms with Crippen molar-refractivity contribution in [1.82, 2.24) is 5.32 Å². The zero-order valence-corrected chi connectivity index (χ0v) is 54.1. The molecule has 0 aromatic rings. The van der Waals surface area contributed by atoms with Crippen LogP contribution in [0.2, 0.25) is 0 Å². The first kappa shape index (κ1) is 78.9. The van der Waals surface area contributed by atoms with Gasteiger partial charge >= 0.3 is 0 Å². The van der Waals surface area contributed by atoms with E-state index in [1.54, 1.807) is 6.08 Å². The van der Waals surface area contributed by atoms with Crippen molar-refractivity contribution in [2.45, 2.75) is 346 Å². The molecule has 1 aliphatic heterocycles. The molecule has 484 valence electrons. The van der Waals surface area contributed by atoms with Gasteiger partial charge in [-0.1, -0.05) is 322 Å². The number of hydrogen-bond donors (Lipinski definition) is 6. The van der Waals surface area contributed by atoms with E-state index in [2.05, 4.69) is 116 Å². The zero-order valence-electron chi connectivity index (χ0n) is 54.1. The second-order valence-electron chi connectivity index (χ2n) is 23.9. The predicted octanol–water partition coefficient (Wildman–Crippen LogP) is 19.2. The summed E-state index contributed by atoms with van der Waals surface area (Å²) < 4.78 is 11.3. The summed E-state index contributed by atoms with van der Waals surface area (Å²) in [6.07, 6.45) is 86.1. The minimum Gasteiger partial charge on any atom is -0.394 e. The summed E-state index contributed by atoms with van der Waals surface area (Å²) in [4.78, 5) is 13.1. The highest BCUT2D eigenvalue weighted by Gasteiger charge is 2.44. The Balaban J connectivity index is 2.17. The number of amides is 1. The highest BCUT2D eigenvalue weighted by atomic mass is 16.7.